The minimum absolute atomic E-state index is 0.0355. The fourth-order valence-corrected chi connectivity index (χ4v) is 5.00. The van der Waals surface area contributed by atoms with Gasteiger partial charge in [-0.05, 0) is 41.1 Å². The van der Waals surface area contributed by atoms with E-state index < -0.39 is 0 Å². The molecule has 6 heteroatoms. The Bertz CT molecular complexity index is 1010. The highest BCUT2D eigenvalue weighted by Gasteiger charge is 2.14. The van der Waals surface area contributed by atoms with Crippen molar-refractivity contribution in [2.75, 3.05) is 0 Å². The minimum atomic E-state index is -0.0830. The second-order valence-corrected chi connectivity index (χ2v) is 8.47. The maximum Gasteiger partial charge on any atom is 0.261 e. The van der Waals surface area contributed by atoms with Gasteiger partial charge in [-0.15, -0.1) is 22.7 Å². The quantitative estimate of drug-likeness (QED) is 0.482. The summed E-state index contributed by atoms with van der Waals surface area (Å²) in [5.74, 6) is -0.0476. The fourth-order valence-electron chi connectivity index (χ4n) is 2.48. The van der Waals surface area contributed by atoms with E-state index >= 15 is 0 Å². The third-order valence-corrected chi connectivity index (χ3v) is 6.62. The maximum atomic E-state index is 12.4. The normalized spacial score (nSPS) is 10.9. The summed E-state index contributed by atoms with van der Waals surface area (Å²) in [6.07, 6.45) is 0. The van der Waals surface area contributed by atoms with Gasteiger partial charge in [0.05, 0.1) is 16.3 Å². The van der Waals surface area contributed by atoms with Gasteiger partial charge in [0, 0.05) is 20.5 Å². The molecule has 0 radical (unpaired) electrons. The van der Waals surface area contributed by atoms with Crippen LogP contribution >= 0.6 is 34.0 Å². The summed E-state index contributed by atoms with van der Waals surface area (Å²) in [7, 11) is 0. The van der Waals surface area contributed by atoms with Crippen LogP contribution in [0.3, 0.4) is 0 Å². The van der Waals surface area contributed by atoms with E-state index in [-0.39, 0.29) is 11.7 Å². The number of thiophene rings is 3. The number of nitrogens with one attached hydrogen (secondary N) is 1. The third kappa shape index (κ3) is 3.42. The van der Waals surface area contributed by atoms with Crippen molar-refractivity contribution >= 4 is 55.8 Å². The highest BCUT2D eigenvalue weighted by molar-refractivity contribution is 7.20. The molecule has 0 aliphatic rings. The predicted molar refractivity (Wildman–Crippen MR) is 105 cm³/mol. The molecule has 3 heterocycles. The summed E-state index contributed by atoms with van der Waals surface area (Å²) in [6.45, 7) is 0.425. The van der Waals surface area contributed by atoms with Gasteiger partial charge in [-0.2, -0.15) is 11.3 Å². The average molecular weight is 384 g/mol. The number of benzene rings is 1. The van der Waals surface area contributed by atoms with Crippen LogP contribution in [0.4, 0.5) is 0 Å². The Morgan fingerprint density at radius 2 is 1.84 bits per heavy atom. The number of carbonyl (C=O) groups is 2. The zero-order valence-corrected chi connectivity index (χ0v) is 15.5. The summed E-state index contributed by atoms with van der Waals surface area (Å²) < 4.78 is 1.10. The molecular weight excluding hydrogens is 370 g/mol. The number of hydrogen-bond donors (Lipinski definition) is 1. The lowest BCUT2D eigenvalue weighted by molar-refractivity contribution is 0.0954. The number of ketones is 1. The molecule has 0 saturated heterocycles. The first-order chi connectivity index (χ1) is 12.2. The van der Waals surface area contributed by atoms with Crippen molar-refractivity contribution in [2.24, 2.45) is 0 Å². The van der Waals surface area contributed by atoms with E-state index in [2.05, 4.69) is 5.32 Å². The highest BCUT2D eigenvalue weighted by atomic mass is 32.1. The first kappa shape index (κ1) is 16.2. The Morgan fingerprint density at radius 3 is 2.64 bits per heavy atom. The molecule has 0 unspecified atom stereocenters. The molecule has 0 aliphatic heterocycles. The maximum absolute atomic E-state index is 12.4. The minimum Gasteiger partial charge on any atom is -0.346 e. The van der Waals surface area contributed by atoms with Crippen molar-refractivity contribution in [2.45, 2.75) is 6.54 Å². The zero-order chi connectivity index (χ0) is 17.2. The summed E-state index contributed by atoms with van der Waals surface area (Å²) in [5.41, 5.74) is 0.715. The van der Waals surface area contributed by atoms with E-state index in [0.717, 1.165) is 15.0 Å². The molecule has 4 rings (SSSR count). The Morgan fingerprint density at radius 1 is 0.960 bits per heavy atom. The van der Waals surface area contributed by atoms with E-state index in [9.17, 15) is 9.59 Å². The molecule has 1 N–H and O–H groups in total. The lowest BCUT2D eigenvalue weighted by Crippen LogP contribution is -2.21. The number of fused-ring (bicyclic) bond motifs is 1. The molecule has 1 amide bonds. The van der Waals surface area contributed by atoms with Crippen molar-refractivity contribution < 1.29 is 9.59 Å². The van der Waals surface area contributed by atoms with Crippen LogP contribution in [0.2, 0.25) is 0 Å². The number of hydrogen-bond acceptors (Lipinski definition) is 5. The van der Waals surface area contributed by atoms with Gasteiger partial charge in [-0.1, -0.05) is 18.2 Å². The highest BCUT2D eigenvalue weighted by Crippen LogP contribution is 2.25. The number of carbonyl (C=O) groups excluding carboxylic acids is 2. The monoisotopic (exact) mass is 383 g/mol. The van der Waals surface area contributed by atoms with Gasteiger partial charge in [0.1, 0.15) is 0 Å². The van der Waals surface area contributed by atoms with Gasteiger partial charge in [0.25, 0.3) is 5.91 Å². The van der Waals surface area contributed by atoms with E-state index in [4.69, 9.17) is 0 Å². The molecule has 124 valence electrons. The van der Waals surface area contributed by atoms with Crippen molar-refractivity contribution in [1.82, 2.24) is 5.32 Å². The second kappa shape index (κ2) is 6.92. The third-order valence-electron chi connectivity index (χ3n) is 3.74. The molecule has 1 aromatic carbocycles. The van der Waals surface area contributed by atoms with Gasteiger partial charge in [0.2, 0.25) is 5.78 Å². The van der Waals surface area contributed by atoms with Crippen LogP contribution < -0.4 is 5.32 Å². The zero-order valence-electron chi connectivity index (χ0n) is 13.0. The van der Waals surface area contributed by atoms with E-state index in [1.54, 1.807) is 0 Å². The predicted octanol–water partition coefficient (Wildman–Crippen LogP) is 5.19. The first-order valence-corrected chi connectivity index (χ1v) is 10.2. The van der Waals surface area contributed by atoms with Gasteiger partial charge in [-0.25, -0.2) is 0 Å². The molecule has 25 heavy (non-hydrogen) atoms. The summed E-state index contributed by atoms with van der Waals surface area (Å²) in [5, 5.41) is 7.76. The van der Waals surface area contributed by atoms with Crippen molar-refractivity contribution in [3.63, 3.8) is 0 Å². The number of rotatable bonds is 5. The molecule has 3 nitrogen and oxygen atoms in total. The molecule has 0 spiro atoms. The molecule has 0 fully saturated rings. The fraction of sp³-hybridized carbons (Fsp3) is 0.0526. The van der Waals surface area contributed by atoms with Crippen molar-refractivity contribution in [3.8, 4) is 0 Å². The van der Waals surface area contributed by atoms with Crippen LogP contribution in [-0.2, 0) is 6.54 Å². The molecule has 4 aromatic rings. The molecule has 0 saturated carbocycles. The van der Waals surface area contributed by atoms with Gasteiger partial charge >= 0.3 is 0 Å². The van der Waals surface area contributed by atoms with Crippen LogP contribution in [0.15, 0.2) is 59.3 Å². The smallest absolute Gasteiger partial charge is 0.261 e. The molecule has 0 bridgehead atoms. The molecule has 3 aromatic heterocycles. The van der Waals surface area contributed by atoms with Gasteiger partial charge < -0.3 is 5.32 Å². The Kier molecular flexibility index (Phi) is 4.48. The average Bonchev–Trinajstić information content (AvgIpc) is 3.39. The van der Waals surface area contributed by atoms with Crippen LogP contribution in [0, 0.1) is 0 Å². The SMILES string of the molecule is O=C(NCc1ccc(C(=O)c2ccsc2)s1)c1cc2ccccc2s1. The van der Waals surface area contributed by atoms with Gasteiger partial charge in [-0.3, -0.25) is 9.59 Å². The Hall–Kier alpha value is -2.28. The van der Waals surface area contributed by atoms with E-state index in [1.165, 1.54) is 34.0 Å². The largest absolute Gasteiger partial charge is 0.346 e. The summed E-state index contributed by atoms with van der Waals surface area (Å²) in [4.78, 5) is 27.0. The first-order valence-electron chi connectivity index (χ1n) is 7.63. The summed E-state index contributed by atoms with van der Waals surface area (Å²) >= 11 is 4.42. The lowest BCUT2D eigenvalue weighted by atomic mass is 10.2. The van der Waals surface area contributed by atoms with Crippen LogP contribution in [-0.4, -0.2) is 11.7 Å². The number of amides is 1. The van der Waals surface area contributed by atoms with Crippen LogP contribution in [0.5, 0.6) is 0 Å². The van der Waals surface area contributed by atoms with Crippen molar-refractivity contribution in [1.29, 1.82) is 0 Å². The Balaban J connectivity index is 1.43. The van der Waals surface area contributed by atoms with Crippen LogP contribution in [0.1, 0.15) is 29.8 Å². The molecular formula is C19H13NO2S3. The van der Waals surface area contributed by atoms with Crippen LogP contribution in [0.25, 0.3) is 10.1 Å². The second-order valence-electron chi connectivity index (χ2n) is 5.44. The lowest BCUT2D eigenvalue weighted by Gasteiger charge is -2.00. The topological polar surface area (TPSA) is 46.2 Å². The van der Waals surface area contributed by atoms with Crippen molar-refractivity contribution in [3.05, 3.63) is 79.5 Å². The molecule has 0 aliphatic carbocycles. The molecule has 0 atom stereocenters. The Labute approximate surface area is 156 Å². The summed E-state index contributed by atoms with van der Waals surface area (Å²) in [6, 6.07) is 15.4. The van der Waals surface area contributed by atoms with E-state index in [1.807, 2.05) is 59.3 Å². The standard InChI is InChI=1S/C19H13NO2S3/c21-18(13-7-8-23-11-13)16-6-5-14(24-16)10-20-19(22)17-9-12-3-1-2-4-15(12)25-17/h1-9,11H,10H2,(H,20,22). The van der Waals surface area contributed by atoms with Gasteiger partial charge in [0.15, 0.2) is 0 Å². The van der Waals surface area contributed by atoms with E-state index in [0.29, 0.717) is 21.9 Å².